The van der Waals surface area contributed by atoms with Crippen molar-refractivity contribution in [2.24, 2.45) is 0 Å². The zero-order valence-electron chi connectivity index (χ0n) is 8.91. The van der Waals surface area contributed by atoms with Gasteiger partial charge in [0.2, 0.25) is 6.29 Å². The number of rotatable bonds is 2. The van der Waals surface area contributed by atoms with E-state index in [1.165, 1.54) is 5.56 Å². The highest BCUT2D eigenvalue weighted by atomic mass is 16.7. The third-order valence-electron chi connectivity index (χ3n) is 2.73. The summed E-state index contributed by atoms with van der Waals surface area (Å²) in [5.74, 6) is 2.35. The Hall–Kier alpha value is -1.18. The van der Waals surface area contributed by atoms with Crippen molar-refractivity contribution in [3.63, 3.8) is 0 Å². The van der Waals surface area contributed by atoms with E-state index in [-0.39, 0.29) is 21.1 Å². The van der Waals surface area contributed by atoms with Crippen molar-refractivity contribution >= 4 is 0 Å². The summed E-state index contributed by atoms with van der Waals surface area (Å²) in [5.41, 5.74) is 1.26. The molecule has 92 valence electrons. The van der Waals surface area contributed by atoms with Crippen LogP contribution in [0.25, 0.3) is 0 Å². The molecule has 0 aromatic heterocycles. The third kappa shape index (κ3) is 2.49. The lowest BCUT2D eigenvalue weighted by molar-refractivity contribution is 0.0672. The number of benzene rings is 1. The van der Waals surface area contributed by atoms with Gasteiger partial charge in [-0.15, -0.1) is 0 Å². The van der Waals surface area contributed by atoms with Crippen LogP contribution in [0.15, 0.2) is 18.2 Å². The SMILES string of the molecule is C.C.CCC(C)c1cccc2c1OC(C)O2. The minimum atomic E-state index is -0.143. The van der Waals surface area contributed by atoms with Gasteiger partial charge in [0.25, 0.3) is 0 Å². The fraction of sp³-hybridized carbons (Fsp3) is 0.571. The highest BCUT2D eigenvalue weighted by Crippen LogP contribution is 2.41. The summed E-state index contributed by atoms with van der Waals surface area (Å²) in [6.07, 6.45) is 0.976. The molecule has 16 heavy (non-hydrogen) atoms. The van der Waals surface area contributed by atoms with E-state index in [1.54, 1.807) is 0 Å². The second-order valence-electron chi connectivity index (χ2n) is 3.79. The average Bonchev–Trinajstić information content (AvgIpc) is 2.56. The lowest BCUT2D eigenvalue weighted by atomic mass is 9.97. The molecule has 1 aromatic rings. The van der Waals surface area contributed by atoms with Gasteiger partial charge in [-0.05, 0) is 18.4 Å². The summed E-state index contributed by atoms with van der Waals surface area (Å²) in [4.78, 5) is 0. The van der Waals surface area contributed by atoms with Crippen LogP contribution in [-0.4, -0.2) is 6.29 Å². The maximum Gasteiger partial charge on any atom is 0.238 e. The topological polar surface area (TPSA) is 18.5 Å². The summed E-state index contributed by atoms with van der Waals surface area (Å²) in [7, 11) is 0. The van der Waals surface area contributed by atoms with Gasteiger partial charge in [0.15, 0.2) is 11.5 Å². The molecule has 2 rings (SSSR count). The van der Waals surface area contributed by atoms with Crippen LogP contribution in [-0.2, 0) is 0 Å². The highest BCUT2D eigenvalue weighted by molar-refractivity contribution is 5.49. The van der Waals surface area contributed by atoms with Crippen molar-refractivity contribution in [3.8, 4) is 11.5 Å². The molecule has 2 nitrogen and oxygen atoms in total. The van der Waals surface area contributed by atoms with Crippen LogP contribution in [0.3, 0.4) is 0 Å². The minimum absolute atomic E-state index is 0. The normalized spacial score (nSPS) is 18.3. The van der Waals surface area contributed by atoms with Crippen LogP contribution in [0.5, 0.6) is 11.5 Å². The van der Waals surface area contributed by atoms with Crippen LogP contribution in [0, 0.1) is 0 Å². The third-order valence-corrected chi connectivity index (χ3v) is 2.73. The standard InChI is InChI=1S/C12H16O2.2CH4/c1-4-8(2)10-6-5-7-11-12(10)14-9(3)13-11;;/h5-9H,4H2,1-3H3;2*1H4. The van der Waals surface area contributed by atoms with Crippen molar-refractivity contribution in [2.45, 2.75) is 54.3 Å². The fourth-order valence-electron chi connectivity index (χ4n) is 1.73. The lowest BCUT2D eigenvalue weighted by Crippen LogP contribution is -2.11. The summed E-state index contributed by atoms with van der Waals surface area (Å²) < 4.78 is 11.2. The van der Waals surface area contributed by atoms with Gasteiger partial charge in [-0.25, -0.2) is 0 Å². The Balaban J connectivity index is 0.00000112. The van der Waals surface area contributed by atoms with E-state index >= 15 is 0 Å². The number of hydrogen-bond donors (Lipinski definition) is 0. The van der Waals surface area contributed by atoms with Crippen LogP contribution in [0.1, 0.15) is 53.5 Å². The zero-order chi connectivity index (χ0) is 10.1. The predicted molar refractivity (Wildman–Crippen MR) is 69.3 cm³/mol. The van der Waals surface area contributed by atoms with E-state index in [2.05, 4.69) is 19.9 Å². The first-order valence-corrected chi connectivity index (χ1v) is 5.18. The van der Waals surface area contributed by atoms with E-state index in [4.69, 9.17) is 9.47 Å². The lowest BCUT2D eigenvalue weighted by Gasteiger charge is -2.11. The van der Waals surface area contributed by atoms with Crippen molar-refractivity contribution in [1.82, 2.24) is 0 Å². The molecule has 2 atom stereocenters. The smallest absolute Gasteiger partial charge is 0.238 e. The molecule has 1 aliphatic rings. The van der Waals surface area contributed by atoms with Crippen molar-refractivity contribution < 1.29 is 9.47 Å². The first-order valence-electron chi connectivity index (χ1n) is 5.18. The molecule has 0 radical (unpaired) electrons. The molecular formula is C14H24O2. The van der Waals surface area contributed by atoms with Crippen molar-refractivity contribution in [2.75, 3.05) is 0 Å². The molecule has 0 N–H and O–H groups in total. The number of fused-ring (bicyclic) bond motifs is 1. The molecular weight excluding hydrogens is 200 g/mol. The molecule has 0 saturated carbocycles. The van der Waals surface area contributed by atoms with Gasteiger partial charge in [0.1, 0.15) is 0 Å². The summed E-state index contributed by atoms with van der Waals surface area (Å²) in [6, 6.07) is 6.11. The molecule has 0 fully saturated rings. The zero-order valence-corrected chi connectivity index (χ0v) is 8.91. The molecule has 0 amide bonds. The van der Waals surface area contributed by atoms with Gasteiger partial charge in [0, 0.05) is 12.5 Å². The molecule has 0 aliphatic carbocycles. The molecule has 0 bridgehead atoms. The Kier molecular flexibility index (Phi) is 5.36. The van der Waals surface area contributed by atoms with E-state index in [1.807, 2.05) is 19.1 Å². The van der Waals surface area contributed by atoms with Gasteiger partial charge in [0.05, 0.1) is 0 Å². The second kappa shape index (κ2) is 5.78. The maximum absolute atomic E-state index is 5.64. The summed E-state index contributed by atoms with van der Waals surface area (Å²) >= 11 is 0. The fourth-order valence-corrected chi connectivity index (χ4v) is 1.73. The summed E-state index contributed by atoms with van der Waals surface area (Å²) in [6.45, 7) is 6.31. The van der Waals surface area contributed by atoms with Gasteiger partial charge >= 0.3 is 0 Å². The van der Waals surface area contributed by atoms with Crippen LogP contribution in [0.4, 0.5) is 0 Å². The molecule has 0 saturated heterocycles. The van der Waals surface area contributed by atoms with E-state index in [9.17, 15) is 0 Å². The predicted octanol–water partition coefficient (Wildman–Crippen LogP) is 4.59. The molecule has 1 aliphatic heterocycles. The van der Waals surface area contributed by atoms with E-state index in [0.717, 1.165) is 17.9 Å². The van der Waals surface area contributed by atoms with Gasteiger partial charge in [-0.1, -0.05) is 40.8 Å². The van der Waals surface area contributed by atoms with Crippen molar-refractivity contribution in [1.29, 1.82) is 0 Å². The molecule has 0 spiro atoms. The number of ether oxygens (including phenoxy) is 2. The second-order valence-corrected chi connectivity index (χ2v) is 3.79. The first kappa shape index (κ1) is 14.8. The largest absolute Gasteiger partial charge is 0.451 e. The van der Waals surface area contributed by atoms with Crippen LogP contribution in [0.2, 0.25) is 0 Å². The molecule has 1 heterocycles. The Morgan fingerprint density at radius 1 is 1.25 bits per heavy atom. The van der Waals surface area contributed by atoms with Crippen molar-refractivity contribution in [3.05, 3.63) is 23.8 Å². The van der Waals surface area contributed by atoms with Gasteiger partial charge < -0.3 is 9.47 Å². The molecule has 1 aromatic carbocycles. The number of hydrogen-bond acceptors (Lipinski definition) is 2. The Morgan fingerprint density at radius 3 is 2.56 bits per heavy atom. The summed E-state index contributed by atoms with van der Waals surface area (Å²) in [5, 5.41) is 0. The highest BCUT2D eigenvalue weighted by Gasteiger charge is 2.24. The van der Waals surface area contributed by atoms with Gasteiger partial charge in [-0.2, -0.15) is 0 Å². The number of para-hydroxylation sites is 1. The Bertz CT molecular complexity index is 334. The monoisotopic (exact) mass is 224 g/mol. The first-order chi connectivity index (χ1) is 6.72. The molecule has 2 heteroatoms. The Labute approximate surface area is 99.6 Å². The molecule has 2 unspecified atom stereocenters. The Morgan fingerprint density at radius 2 is 1.94 bits per heavy atom. The van der Waals surface area contributed by atoms with Gasteiger partial charge in [-0.3, -0.25) is 0 Å². The maximum atomic E-state index is 5.64. The minimum Gasteiger partial charge on any atom is -0.451 e. The van der Waals surface area contributed by atoms with Crippen LogP contribution < -0.4 is 9.47 Å². The average molecular weight is 224 g/mol. The van der Waals surface area contributed by atoms with Crippen LogP contribution >= 0.6 is 0 Å². The quantitative estimate of drug-likeness (QED) is 0.731. The van der Waals surface area contributed by atoms with E-state index < -0.39 is 0 Å². The van der Waals surface area contributed by atoms with E-state index in [0.29, 0.717) is 5.92 Å².